The van der Waals surface area contributed by atoms with Crippen molar-refractivity contribution in [3.8, 4) is 5.82 Å². The van der Waals surface area contributed by atoms with Gasteiger partial charge in [-0.25, -0.2) is 14.9 Å². The smallest absolute Gasteiger partial charge is 0.349 e. The molecule has 0 aliphatic rings. The molecular weight excluding hydrogens is 473 g/mol. The average Bonchev–Trinajstić information content (AvgIpc) is 3.44. The number of halogens is 2. The van der Waals surface area contributed by atoms with E-state index in [0.717, 1.165) is 0 Å². The number of ether oxygens (including phenoxy) is 2. The molecule has 2 amide bonds. The maximum absolute atomic E-state index is 12.8. The predicted molar refractivity (Wildman–Crippen MR) is 120 cm³/mol. The van der Waals surface area contributed by atoms with E-state index in [4.69, 9.17) is 32.7 Å². The van der Waals surface area contributed by atoms with E-state index < -0.39 is 12.1 Å². The Bertz CT molecular complexity index is 1280. The summed E-state index contributed by atoms with van der Waals surface area (Å²) in [6.45, 7) is 1.85. The summed E-state index contributed by atoms with van der Waals surface area (Å²) in [6.07, 6.45) is 5.08. The highest BCUT2D eigenvalue weighted by atomic mass is 35.5. The molecule has 0 unspecified atom stereocenters. The summed E-state index contributed by atoms with van der Waals surface area (Å²) in [5, 5.41) is 17.1. The number of amides is 2. The van der Waals surface area contributed by atoms with Crippen molar-refractivity contribution < 1.29 is 18.8 Å². The first-order chi connectivity index (χ1) is 15.9. The minimum Gasteiger partial charge on any atom is -0.379 e. The van der Waals surface area contributed by atoms with Crippen LogP contribution in [0.25, 0.3) is 11.5 Å². The summed E-state index contributed by atoms with van der Waals surface area (Å²) < 4.78 is 12.7. The van der Waals surface area contributed by atoms with E-state index in [1.807, 2.05) is 6.92 Å². The van der Waals surface area contributed by atoms with Crippen LogP contribution in [0.5, 0.6) is 0 Å². The standard InChI is InChI=1S/C19H19Cl2N9O3/c1-10(32-2)17(33-3)16-13(9-22-15-7-14(21)28-29(15)16)27-19(31)26-11-6-12(20)18(23-8-11)30-24-4-5-25-30/h4-10,17H,1-3H3,(H2,26,27,31)/p+1/t10-,17+/m1/s1. The Hall–Kier alpha value is -3.32. The molecule has 0 saturated carbocycles. The Morgan fingerprint density at radius 2 is 1.88 bits per heavy atom. The van der Waals surface area contributed by atoms with Crippen LogP contribution >= 0.6 is 23.2 Å². The summed E-state index contributed by atoms with van der Waals surface area (Å²) in [6, 6.07) is 2.65. The zero-order chi connectivity index (χ0) is 23.5. The molecule has 0 bridgehead atoms. The third-order valence-corrected chi connectivity index (χ3v) is 5.28. The van der Waals surface area contributed by atoms with Gasteiger partial charge in [-0.05, 0) is 18.0 Å². The van der Waals surface area contributed by atoms with Crippen molar-refractivity contribution in [3.05, 3.63) is 52.8 Å². The second-order valence-electron chi connectivity index (χ2n) is 6.88. The number of nitrogens with zero attached hydrogens (tertiary/aromatic N) is 6. The maximum Gasteiger partial charge on any atom is 0.349 e. The number of H-pyrrole nitrogens is 1. The molecule has 4 heterocycles. The number of aromatic amines is 1. The quantitative estimate of drug-likeness (QED) is 0.337. The summed E-state index contributed by atoms with van der Waals surface area (Å²) in [5.74, 6) is 0.334. The SMILES string of the molecule is CO[C@H](c1c(NC(=O)Nc2cnc(-n3nccn3)c(Cl)c2)cnc2cc(Cl)[nH][n+]12)[C@@H](C)OC. The van der Waals surface area contributed by atoms with Gasteiger partial charge in [0.1, 0.15) is 16.9 Å². The van der Waals surface area contributed by atoms with Crippen LogP contribution in [-0.4, -0.2) is 56.4 Å². The predicted octanol–water partition coefficient (Wildman–Crippen LogP) is 2.80. The molecule has 4 aromatic rings. The largest absolute Gasteiger partial charge is 0.379 e. The van der Waals surface area contributed by atoms with Crippen molar-refractivity contribution in [3.63, 3.8) is 0 Å². The molecule has 0 aromatic carbocycles. The molecule has 2 atom stereocenters. The summed E-state index contributed by atoms with van der Waals surface area (Å²) in [4.78, 5) is 22.6. The van der Waals surface area contributed by atoms with E-state index in [1.54, 1.807) is 30.9 Å². The first-order valence-corrected chi connectivity index (χ1v) is 10.4. The van der Waals surface area contributed by atoms with Crippen molar-refractivity contribution in [1.29, 1.82) is 0 Å². The zero-order valence-electron chi connectivity index (χ0n) is 17.8. The minimum absolute atomic E-state index is 0.262. The fourth-order valence-corrected chi connectivity index (χ4v) is 3.68. The molecule has 12 nitrogen and oxygen atoms in total. The van der Waals surface area contributed by atoms with Crippen LogP contribution < -0.4 is 15.1 Å². The lowest BCUT2D eigenvalue weighted by molar-refractivity contribution is -0.592. The third-order valence-electron chi connectivity index (χ3n) is 4.80. The van der Waals surface area contributed by atoms with Crippen LogP contribution in [0.3, 0.4) is 0 Å². The Morgan fingerprint density at radius 3 is 2.55 bits per heavy atom. The van der Waals surface area contributed by atoms with Gasteiger partial charge in [-0.1, -0.05) is 23.2 Å². The Balaban J connectivity index is 1.61. The van der Waals surface area contributed by atoms with Gasteiger partial charge in [0.15, 0.2) is 17.7 Å². The van der Waals surface area contributed by atoms with Crippen LogP contribution in [0.1, 0.15) is 18.7 Å². The van der Waals surface area contributed by atoms with Gasteiger partial charge in [0.25, 0.3) is 0 Å². The topological polar surface area (TPSA) is 136 Å². The number of rotatable bonds is 7. The summed E-state index contributed by atoms with van der Waals surface area (Å²) >= 11 is 12.4. The minimum atomic E-state index is -0.549. The fourth-order valence-electron chi connectivity index (χ4n) is 3.25. The summed E-state index contributed by atoms with van der Waals surface area (Å²) in [7, 11) is 3.12. The molecule has 0 aliphatic carbocycles. The van der Waals surface area contributed by atoms with Gasteiger partial charge in [0.2, 0.25) is 0 Å². The molecule has 4 aromatic heterocycles. The molecule has 14 heteroatoms. The van der Waals surface area contributed by atoms with Gasteiger partial charge in [-0.3, -0.25) is 0 Å². The van der Waals surface area contributed by atoms with E-state index in [2.05, 4.69) is 35.9 Å². The molecule has 4 rings (SSSR count). The van der Waals surface area contributed by atoms with E-state index >= 15 is 0 Å². The molecule has 172 valence electrons. The van der Waals surface area contributed by atoms with Crippen LogP contribution in [0, 0.1) is 0 Å². The van der Waals surface area contributed by atoms with E-state index in [1.165, 1.54) is 29.6 Å². The van der Waals surface area contributed by atoms with Crippen LogP contribution in [0.15, 0.2) is 36.9 Å². The zero-order valence-corrected chi connectivity index (χ0v) is 19.3. The number of anilines is 2. The normalized spacial score (nSPS) is 13.1. The highest BCUT2D eigenvalue weighted by molar-refractivity contribution is 6.32. The number of pyridine rings is 1. The lowest BCUT2D eigenvalue weighted by Crippen LogP contribution is -2.38. The van der Waals surface area contributed by atoms with Crippen LogP contribution in [0.4, 0.5) is 16.2 Å². The lowest BCUT2D eigenvalue weighted by Gasteiger charge is -2.21. The highest BCUT2D eigenvalue weighted by Crippen LogP contribution is 2.27. The van der Waals surface area contributed by atoms with Gasteiger partial charge >= 0.3 is 11.7 Å². The van der Waals surface area contributed by atoms with Crippen molar-refractivity contribution >= 4 is 46.3 Å². The molecule has 0 aliphatic heterocycles. The Kier molecular flexibility index (Phi) is 6.70. The molecule has 0 radical (unpaired) electrons. The van der Waals surface area contributed by atoms with Gasteiger partial charge in [0, 0.05) is 14.2 Å². The van der Waals surface area contributed by atoms with E-state index in [9.17, 15) is 4.79 Å². The monoisotopic (exact) mass is 492 g/mol. The second-order valence-corrected chi connectivity index (χ2v) is 7.69. The number of urea groups is 1. The first-order valence-electron chi connectivity index (χ1n) is 9.66. The van der Waals surface area contributed by atoms with Crippen molar-refractivity contribution in [2.45, 2.75) is 19.1 Å². The number of hydrogen-bond acceptors (Lipinski definition) is 7. The Labute approximate surface area is 197 Å². The molecule has 33 heavy (non-hydrogen) atoms. The molecule has 0 saturated heterocycles. The lowest BCUT2D eigenvalue weighted by atomic mass is 10.1. The number of carbonyl (C=O) groups is 1. The number of carbonyl (C=O) groups excluding carboxylic acids is 1. The number of fused-ring (bicyclic) bond motifs is 1. The number of methoxy groups -OCH3 is 2. The maximum atomic E-state index is 12.8. The molecular formula is C19H20Cl2N9O3+. The molecule has 0 spiro atoms. The number of nitrogens with one attached hydrogen (secondary N) is 3. The second kappa shape index (κ2) is 9.67. The number of aromatic nitrogens is 7. The van der Waals surface area contributed by atoms with Gasteiger partial charge in [0.05, 0.1) is 41.5 Å². The fraction of sp³-hybridized carbons (Fsp3) is 0.263. The van der Waals surface area contributed by atoms with Crippen molar-refractivity contribution in [1.82, 2.24) is 30.1 Å². The van der Waals surface area contributed by atoms with Gasteiger partial charge in [-0.2, -0.15) is 10.2 Å². The molecule has 3 N–H and O–H groups in total. The summed E-state index contributed by atoms with van der Waals surface area (Å²) in [5.41, 5.74) is 1.86. The van der Waals surface area contributed by atoms with Crippen molar-refractivity contribution in [2.24, 2.45) is 0 Å². The number of hydrogen-bond donors (Lipinski definition) is 3. The van der Waals surface area contributed by atoms with Gasteiger partial charge in [-0.15, -0.1) is 9.31 Å². The van der Waals surface area contributed by atoms with E-state index in [0.29, 0.717) is 33.7 Å². The Morgan fingerprint density at radius 1 is 1.12 bits per heavy atom. The van der Waals surface area contributed by atoms with Gasteiger partial charge < -0.3 is 20.1 Å². The third kappa shape index (κ3) is 4.73. The van der Waals surface area contributed by atoms with Crippen LogP contribution in [0.2, 0.25) is 10.2 Å². The van der Waals surface area contributed by atoms with Crippen molar-refractivity contribution in [2.75, 3.05) is 24.9 Å². The van der Waals surface area contributed by atoms with E-state index in [-0.39, 0.29) is 11.1 Å². The first kappa shape index (κ1) is 22.9. The average molecular weight is 493 g/mol. The highest BCUT2D eigenvalue weighted by Gasteiger charge is 2.31. The molecule has 0 fully saturated rings. The van der Waals surface area contributed by atoms with Crippen LogP contribution in [-0.2, 0) is 9.47 Å².